The van der Waals surface area contributed by atoms with Gasteiger partial charge in [-0.3, -0.25) is 4.31 Å². The molecule has 0 radical (unpaired) electrons. The van der Waals surface area contributed by atoms with Gasteiger partial charge in [-0.1, -0.05) is 11.6 Å². The van der Waals surface area contributed by atoms with Crippen LogP contribution in [-0.4, -0.2) is 19.2 Å². The van der Waals surface area contributed by atoms with Crippen molar-refractivity contribution < 1.29 is 22.6 Å². The van der Waals surface area contributed by atoms with Gasteiger partial charge in [0.1, 0.15) is 29.0 Å². The van der Waals surface area contributed by atoms with Crippen molar-refractivity contribution in [3.05, 3.63) is 93.7 Å². The molecule has 0 saturated heterocycles. The van der Waals surface area contributed by atoms with Crippen LogP contribution >= 0.6 is 34.9 Å². The summed E-state index contributed by atoms with van der Waals surface area (Å²) < 4.78 is 55.1. The smallest absolute Gasteiger partial charge is 0.195 e. The summed E-state index contributed by atoms with van der Waals surface area (Å²) >= 11 is 8.96. The summed E-state index contributed by atoms with van der Waals surface area (Å²) in [6, 6.07) is 11.3. The van der Waals surface area contributed by atoms with Crippen LogP contribution in [0.2, 0.25) is 5.02 Å². The molecule has 0 fully saturated rings. The maximum absolute atomic E-state index is 15.1. The molecule has 0 bridgehead atoms. The highest BCUT2D eigenvalue weighted by atomic mass is 35.5. The van der Waals surface area contributed by atoms with E-state index in [1.54, 1.807) is 26.5 Å². The van der Waals surface area contributed by atoms with Gasteiger partial charge in [0, 0.05) is 35.3 Å². The average molecular weight is 552 g/mol. The van der Waals surface area contributed by atoms with E-state index in [1.165, 1.54) is 23.5 Å². The van der Waals surface area contributed by atoms with Crippen LogP contribution < -0.4 is 19.1 Å². The van der Waals surface area contributed by atoms with Crippen LogP contribution in [-0.2, 0) is 13.1 Å². The van der Waals surface area contributed by atoms with Crippen LogP contribution in [0, 0.1) is 17.5 Å². The number of rotatable bonds is 10. The lowest BCUT2D eigenvalue weighted by molar-refractivity contribution is 0.391. The predicted molar refractivity (Wildman–Crippen MR) is 139 cm³/mol. The van der Waals surface area contributed by atoms with E-state index in [1.807, 2.05) is 21.8 Å². The van der Waals surface area contributed by atoms with Gasteiger partial charge in [0.15, 0.2) is 5.13 Å². The lowest BCUT2D eigenvalue weighted by Crippen LogP contribution is -2.15. The molecule has 0 atom stereocenters. The van der Waals surface area contributed by atoms with Gasteiger partial charge in [-0.25, -0.2) is 18.2 Å². The first kappa shape index (κ1) is 26.0. The lowest BCUT2D eigenvalue weighted by Gasteiger charge is -2.22. The molecule has 5 nitrogen and oxygen atoms in total. The van der Waals surface area contributed by atoms with Crippen molar-refractivity contribution in [3.8, 4) is 11.5 Å². The van der Waals surface area contributed by atoms with Crippen LogP contribution in [0.3, 0.4) is 0 Å². The fraction of sp³-hybridized carbons (Fsp3) is 0.160. The molecule has 0 spiro atoms. The Balaban J connectivity index is 1.56. The van der Waals surface area contributed by atoms with Crippen molar-refractivity contribution >= 4 is 45.7 Å². The number of halogens is 4. The number of nitrogens with one attached hydrogen (secondary N) is 1. The Labute approximate surface area is 220 Å². The first-order chi connectivity index (χ1) is 17.4. The zero-order valence-corrected chi connectivity index (χ0v) is 21.6. The van der Waals surface area contributed by atoms with Crippen LogP contribution in [0.5, 0.6) is 11.5 Å². The number of nitrogens with zero attached hydrogens (tertiary/aromatic N) is 2. The summed E-state index contributed by atoms with van der Waals surface area (Å²) in [5.41, 5.74) is 1.22. The van der Waals surface area contributed by atoms with E-state index >= 15 is 4.39 Å². The Morgan fingerprint density at radius 1 is 1.00 bits per heavy atom. The molecular formula is C25H21ClF3N3O2S2. The molecule has 11 heteroatoms. The van der Waals surface area contributed by atoms with Crippen LogP contribution in [0.25, 0.3) is 0 Å². The van der Waals surface area contributed by atoms with Gasteiger partial charge in [-0.15, -0.1) is 11.3 Å². The van der Waals surface area contributed by atoms with Gasteiger partial charge < -0.3 is 14.8 Å². The number of ether oxygens (including phenoxy) is 2. The summed E-state index contributed by atoms with van der Waals surface area (Å²) in [6.07, 6.45) is 1.67. The summed E-state index contributed by atoms with van der Waals surface area (Å²) in [5.74, 6) is -0.384. The molecule has 1 aromatic heterocycles. The largest absolute Gasteiger partial charge is 0.497 e. The Hall–Kier alpha value is -3.08. The van der Waals surface area contributed by atoms with Crippen molar-refractivity contribution in [2.24, 2.45) is 0 Å². The second kappa shape index (κ2) is 11.8. The van der Waals surface area contributed by atoms with E-state index in [9.17, 15) is 8.78 Å². The van der Waals surface area contributed by atoms with Crippen molar-refractivity contribution in [2.75, 3.05) is 23.8 Å². The van der Waals surface area contributed by atoms with Gasteiger partial charge in [0.2, 0.25) is 0 Å². The molecule has 0 aliphatic heterocycles. The number of thiazole rings is 1. The lowest BCUT2D eigenvalue weighted by atomic mass is 10.2. The van der Waals surface area contributed by atoms with E-state index < -0.39 is 17.5 Å². The summed E-state index contributed by atoms with van der Waals surface area (Å²) in [6.45, 7) is 0.305. The standard InChI is InChI=1S/C25H21ClF3N3O2S2/c1-33-18-5-3-15(23(10-18)34-2)14-32(25-30-7-8-35-25)36-24-11-19(26)22(12-21(24)29)31-13-16-9-17(27)4-6-20(16)28/h3-12,31H,13-14H2,1-2H3. The number of benzene rings is 3. The topological polar surface area (TPSA) is 46.6 Å². The highest BCUT2D eigenvalue weighted by molar-refractivity contribution is 8.00. The van der Waals surface area contributed by atoms with Crippen molar-refractivity contribution in [2.45, 2.75) is 18.0 Å². The zero-order chi connectivity index (χ0) is 25.7. The quantitative estimate of drug-likeness (QED) is 0.205. The van der Waals surface area contributed by atoms with Crippen molar-refractivity contribution in [3.63, 3.8) is 0 Å². The van der Waals surface area contributed by atoms with E-state index in [4.69, 9.17) is 21.1 Å². The predicted octanol–water partition coefficient (Wildman–Crippen LogP) is 7.56. The monoisotopic (exact) mass is 551 g/mol. The minimum Gasteiger partial charge on any atom is -0.497 e. The van der Waals surface area contributed by atoms with Gasteiger partial charge in [0.05, 0.1) is 36.4 Å². The number of hydrogen-bond acceptors (Lipinski definition) is 7. The highest BCUT2D eigenvalue weighted by Gasteiger charge is 2.19. The first-order valence-electron chi connectivity index (χ1n) is 10.6. The number of aromatic nitrogens is 1. The number of methoxy groups -OCH3 is 2. The molecule has 0 unspecified atom stereocenters. The minimum absolute atomic E-state index is 0.0578. The van der Waals surface area contributed by atoms with Gasteiger partial charge in [-0.2, -0.15) is 0 Å². The van der Waals surface area contributed by atoms with Crippen LogP contribution in [0.1, 0.15) is 11.1 Å². The molecule has 0 aliphatic carbocycles. The van der Waals surface area contributed by atoms with Gasteiger partial charge >= 0.3 is 0 Å². The molecule has 4 rings (SSSR count). The number of hydrogen-bond donors (Lipinski definition) is 1. The average Bonchev–Trinajstić information content (AvgIpc) is 3.41. The van der Waals surface area contributed by atoms with E-state index in [0.717, 1.165) is 35.7 Å². The summed E-state index contributed by atoms with van der Waals surface area (Å²) in [4.78, 5) is 4.64. The fourth-order valence-electron chi connectivity index (χ4n) is 3.34. The normalized spacial score (nSPS) is 10.8. The van der Waals surface area contributed by atoms with Crippen molar-refractivity contribution in [1.82, 2.24) is 4.98 Å². The van der Waals surface area contributed by atoms with Crippen LogP contribution in [0.4, 0.5) is 24.0 Å². The Bertz CT molecular complexity index is 1340. The minimum atomic E-state index is -0.569. The van der Waals surface area contributed by atoms with E-state index in [0.29, 0.717) is 23.2 Å². The third-order valence-corrected chi connectivity index (χ3v) is 7.40. The SMILES string of the molecule is COc1ccc(CN(Sc2cc(Cl)c(NCc3cc(F)ccc3F)cc2F)c2nccs2)c(OC)c1. The molecule has 1 N–H and O–H groups in total. The molecule has 1 heterocycles. The maximum Gasteiger partial charge on any atom is 0.195 e. The molecule has 3 aromatic carbocycles. The third-order valence-electron chi connectivity index (χ3n) is 5.15. The maximum atomic E-state index is 15.1. The van der Waals surface area contributed by atoms with E-state index in [2.05, 4.69) is 10.3 Å². The molecule has 36 heavy (non-hydrogen) atoms. The molecule has 4 aromatic rings. The van der Waals surface area contributed by atoms with Gasteiger partial charge in [-0.05, 0) is 54.4 Å². The molecule has 0 saturated carbocycles. The van der Waals surface area contributed by atoms with Gasteiger partial charge in [0.25, 0.3) is 0 Å². The summed E-state index contributed by atoms with van der Waals surface area (Å²) in [5, 5.41) is 5.60. The molecular weight excluding hydrogens is 531 g/mol. The molecule has 188 valence electrons. The summed E-state index contributed by atoms with van der Waals surface area (Å²) in [7, 11) is 3.14. The van der Waals surface area contributed by atoms with Crippen molar-refractivity contribution in [1.29, 1.82) is 0 Å². The third kappa shape index (κ3) is 6.18. The second-order valence-corrected chi connectivity index (χ2v) is 9.82. The Kier molecular flexibility index (Phi) is 8.50. The second-order valence-electron chi connectivity index (χ2n) is 7.47. The molecule has 0 amide bonds. The zero-order valence-electron chi connectivity index (χ0n) is 19.2. The molecule has 0 aliphatic rings. The van der Waals surface area contributed by atoms with Crippen LogP contribution in [0.15, 0.2) is 65.0 Å². The highest BCUT2D eigenvalue weighted by Crippen LogP contribution is 2.38. The Morgan fingerprint density at radius 2 is 1.83 bits per heavy atom. The Morgan fingerprint density at radius 3 is 2.56 bits per heavy atom. The first-order valence-corrected chi connectivity index (χ1v) is 12.6. The fourth-order valence-corrected chi connectivity index (χ4v) is 5.30. The number of anilines is 2. The van der Waals surface area contributed by atoms with E-state index in [-0.39, 0.29) is 27.7 Å².